The van der Waals surface area contributed by atoms with Gasteiger partial charge in [0.2, 0.25) is 0 Å². The van der Waals surface area contributed by atoms with Crippen molar-refractivity contribution >= 4 is 60.8 Å². The van der Waals surface area contributed by atoms with Crippen LogP contribution in [0.3, 0.4) is 0 Å². The van der Waals surface area contributed by atoms with E-state index in [1.165, 1.54) is 0 Å². The van der Waals surface area contributed by atoms with Gasteiger partial charge in [-0.3, -0.25) is 4.79 Å². The Morgan fingerprint density at radius 3 is 2.76 bits per heavy atom. The lowest BCUT2D eigenvalue weighted by Crippen LogP contribution is -2.49. The Morgan fingerprint density at radius 1 is 1.16 bits per heavy atom. The quantitative estimate of drug-likeness (QED) is 0.606. The molecule has 8 heteroatoms. The van der Waals surface area contributed by atoms with Crippen molar-refractivity contribution < 1.29 is 4.79 Å². The Hall–Kier alpha value is -1.70. The fraction of sp³-hybridized carbons (Fsp3) is 0.235. The van der Waals surface area contributed by atoms with Crippen LogP contribution in [0.1, 0.15) is 10.4 Å². The molecule has 0 atom stereocenters. The van der Waals surface area contributed by atoms with Gasteiger partial charge in [0.25, 0.3) is 5.91 Å². The van der Waals surface area contributed by atoms with E-state index in [0.29, 0.717) is 23.7 Å². The molecule has 4 rings (SSSR count). The average molecular weight is 438 g/mol. The molecule has 0 bridgehead atoms. The van der Waals surface area contributed by atoms with Crippen molar-refractivity contribution in [2.45, 2.75) is 0 Å². The number of nitrogens with zero attached hydrogens (tertiary/aromatic N) is 4. The Balaban J connectivity index is 1.51. The molecule has 2 aromatic heterocycles. The number of benzene rings is 1. The molecule has 1 aromatic carbocycles. The number of hydrogen-bond acceptors (Lipinski definition) is 5. The lowest BCUT2D eigenvalue weighted by Gasteiger charge is -2.35. The van der Waals surface area contributed by atoms with E-state index < -0.39 is 0 Å². The van der Waals surface area contributed by atoms with Crippen molar-refractivity contribution in [2.24, 2.45) is 0 Å². The number of piperazine rings is 1. The van der Waals surface area contributed by atoms with Crippen molar-refractivity contribution in [3.63, 3.8) is 0 Å². The molecule has 1 saturated heterocycles. The van der Waals surface area contributed by atoms with Gasteiger partial charge >= 0.3 is 0 Å². The van der Waals surface area contributed by atoms with Gasteiger partial charge < -0.3 is 9.80 Å². The van der Waals surface area contributed by atoms with E-state index in [2.05, 4.69) is 30.8 Å². The number of carbonyl (C=O) groups is 1. The van der Waals surface area contributed by atoms with E-state index >= 15 is 0 Å². The van der Waals surface area contributed by atoms with Crippen LogP contribution in [-0.4, -0.2) is 47.0 Å². The summed E-state index contributed by atoms with van der Waals surface area (Å²) in [6, 6.07) is 7.39. The van der Waals surface area contributed by atoms with Crippen molar-refractivity contribution in [3.8, 4) is 0 Å². The molecule has 0 aliphatic carbocycles. The lowest BCUT2D eigenvalue weighted by atomic mass is 10.1. The van der Waals surface area contributed by atoms with Gasteiger partial charge in [-0.25, -0.2) is 9.97 Å². The van der Waals surface area contributed by atoms with Crippen LogP contribution in [0.4, 0.5) is 5.82 Å². The predicted octanol–water partition coefficient (Wildman–Crippen LogP) is 4.07. The van der Waals surface area contributed by atoms with Crippen molar-refractivity contribution in [2.75, 3.05) is 31.1 Å². The monoisotopic (exact) mass is 436 g/mol. The summed E-state index contributed by atoms with van der Waals surface area (Å²) < 4.78 is 0.847. The molecule has 25 heavy (non-hydrogen) atoms. The number of anilines is 1. The third-order valence-corrected chi connectivity index (χ3v) is 5.91. The van der Waals surface area contributed by atoms with Crippen molar-refractivity contribution in [1.82, 2.24) is 14.9 Å². The van der Waals surface area contributed by atoms with Crippen LogP contribution in [0, 0.1) is 0 Å². The minimum atomic E-state index is -0.0330. The highest BCUT2D eigenvalue weighted by Crippen LogP contribution is 2.28. The van der Waals surface area contributed by atoms with Crippen LogP contribution in [0.2, 0.25) is 5.02 Å². The molecule has 0 N–H and O–H groups in total. The average Bonchev–Trinajstić information content (AvgIpc) is 3.12. The first kappa shape index (κ1) is 16.8. The zero-order valence-corrected chi connectivity index (χ0v) is 16.3. The summed E-state index contributed by atoms with van der Waals surface area (Å²) in [7, 11) is 0. The third-order valence-electron chi connectivity index (χ3n) is 4.27. The highest BCUT2D eigenvalue weighted by Gasteiger charge is 2.25. The van der Waals surface area contributed by atoms with E-state index in [1.807, 2.05) is 22.4 Å². The maximum Gasteiger partial charge on any atom is 0.255 e. The standard InChI is InChI=1S/C17H14BrClN4OS/c18-11-1-2-14(19)13(9-11)17(24)23-6-4-22(5-7-23)15-12-3-8-25-16(12)21-10-20-15/h1-3,8-10H,4-7H2. The fourth-order valence-corrected chi connectivity index (χ4v) is 4.27. The summed E-state index contributed by atoms with van der Waals surface area (Å²) in [4.78, 5) is 26.6. The molecular weight excluding hydrogens is 424 g/mol. The van der Waals surface area contributed by atoms with Gasteiger partial charge in [-0.05, 0) is 29.6 Å². The Bertz CT molecular complexity index is 939. The number of halogens is 2. The van der Waals surface area contributed by atoms with Crippen LogP contribution in [-0.2, 0) is 0 Å². The van der Waals surface area contributed by atoms with Gasteiger partial charge in [0.15, 0.2) is 0 Å². The highest BCUT2D eigenvalue weighted by molar-refractivity contribution is 9.10. The summed E-state index contributed by atoms with van der Waals surface area (Å²) in [6.45, 7) is 2.74. The van der Waals surface area contributed by atoms with E-state index in [0.717, 1.165) is 33.6 Å². The predicted molar refractivity (Wildman–Crippen MR) is 105 cm³/mol. The SMILES string of the molecule is O=C(c1cc(Br)ccc1Cl)N1CCN(c2ncnc3sccc23)CC1. The van der Waals surface area contributed by atoms with Crippen LogP contribution in [0.15, 0.2) is 40.4 Å². The molecule has 3 heterocycles. The van der Waals surface area contributed by atoms with Gasteiger partial charge in [0.05, 0.1) is 16.0 Å². The summed E-state index contributed by atoms with van der Waals surface area (Å²) in [6.07, 6.45) is 1.60. The van der Waals surface area contributed by atoms with Gasteiger partial charge in [-0.1, -0.05) is 27.5 Å². The Labute approximate surface area is 162 Å². The van der Waals surface area contributed by atoms with Gasteiger partial charge in [0, 0.05) is 30.7 Å². The minimum Gasteiger partial charge on any atom is -0.352 e. The summed E-state index contributed by atoms with van der Waals surface area (Å²) in [5.74, 6) is 0.910. The van der Waals surface area contributed by atoms with Gasteiger partial charge in [-0.2, -0.15) is 0 Å². The number of rotatable bonds is 2. The molecular formula is C17H14BrClN4OS. The molecule has 1 amide bonds. The number of hydrogen-bond donors (Lipinski definition) is 0. The zero-order chi connectivity index (χ0) is 17.4. The summed E-state index contributed by atoms with van der Waals surface area (Å²) >= 11 is 11.2. The first-order chi connectivity index (χ1) is 12.1. The number of aromatic nitrogens is 2. The van der Waals surface area contributed by atoms with E-state index in [1.54, 1.807) is 29.8 Å². The number of amides is 1. The third kappa shape index (κ3) is 3.23. The first-order valence-electron chi connectivity index (χ1n) is 7.81. The largest absolute Gasteiger partial charge is 0.352 e. The Kier molecular flexibility index (Phi) is 4.62. The fourth-order valence-electron chi connectivity index (χ4n) is 2.98. The molecule has 0 saturated carbocycles. The first-order valence-corrected chi connectivity index (χ1v) is 9.86. The zero-order valence-electron chi connectivity index (χ0n) is 13.2. The molecule has 0 spiro atoms. The lowest BCUT2D eigenvalue weighted by molar-refractivity contribution is 0.0746. The topological polar surface area (TPSA) is 49.3 Å². The second kappa shape index (κ2) is 6.90. The van der Waals surface area contributed by atoms with E-state index in [4.69, 9.17) is 11.6 Å². The van der Waals surface area contributed by atoms with Crippen LogP contribution in [0.5, 0.6) is 0 Å². The summed E-state index contributed by atoms with van der Waals surface area (Å²) in [5.41, 5.74) is 0.534. The van der Waals surface area contributed by atoms with Gasteiger partial charge in [-0.15, -0.1) is 11.3 Å². The Morgan fingerprint density at radius 2 is 1.96 bits per heavy atom. The number of thiophene rings is 1. The van der Waals surface area contributed by atoms with Crippen LogP contribution >= 0.6 is 38.9 Å². The molecule has 5 nitrogen and oxygen atoms in total. The second-order valence-electron chi connectivity index (χ2n) is 5.74. The maximum atomic E-state index is 12.8. The molecule has 128 valence electrons. The molecule has 1 aliphatic rings. The molecule has 1 aliphatic heterocycles. The molecule has 0 unspecified atom stereocenters. The molecule has 1 fully saturated rings. The van der Waals surface area contributed by atoms with Crippen molar-refractivity contribution in [1.29, 1.82) is 0 Å². The van der Waals surface area contributed by atoms with Gasteiger partial charge in [0.1, 0.15) is 17.0 Å². The van der Waals surface area contributed by atoms with E-state index in [9.17, 15) is 4.79 Å². The maximum absolute atomic E-state index is 12.8. The molecule has 3 aromatic rings. The second-order valence-corrected chi connectivity index (χ2v) is 7.96. The van der Waals surface area contributed by atoms with Crippen LogP contribution < -0.4 is 4.90 Å². The number of carbonyl (C=O) groups excluding carboxylic acids is 1. The smallest absolute Gasteiger partial charge is 0.255 e. The summed E-state index contributed by atoms with van der Waals surface area (Å²) in [5, 5.41) is 3.58. The van der Waals surface area contributed by atoms with E-state index in [-0.39, 0.29) is 5.91 Å². The number of fused-ring (bicyclic) bond motifs is 1. The molecule has 0 radical (unpaired) electrons. The minimum absolute atomic E-state index is 0.0330. The normalized spacial score (nSPS) is 15.0. The van der Waals surface area contributed by atoms with Crippen molar-refractivity contribution in [3.05, 3.63) is 51.0 Å². The van der Waals surface area contributed by atoms with Crippen LogP contribution in [0.25, 0.3) is 10.2 Å². The highest BCUT2D eigenvalue weighted by atomic mass is 79.9.